The summed E-state index contributed by atoms with van der Waals surface area (Å²) in [7, 11) is 0. The highest BCUT2D eigenvalue weighted by Gasteiger charge is 2.08. The molecule has 3 rings (SSSR count). The van der Waals surface area contributed by atoms with E-state index in [0.717, 1.165) is 11.3 Å². The van der Waals surface area contributed by atoms with E-state index in [1.807, 2.05) is 55.5 Å². The van der Waals surface area contributed by atoms with Crippen LogP contribution >= 0.6 is 22.9 Å². The van der Waals surface area contributed by atoms with Gasteiger partial charge in [0, 0.05) is 5.69 Å². The number of benzene rings is 2. The molecule has 3 aromatic rings. The molecular weight excluding hydrogens is 384 g/mol. The number of thiazole rings is 1. The number of anilines is 2. The summed E-state index contributed by atoms with van der Waals surface area (Å²) >= 11 is 7.44. The topological polar surface area (TPSA) is 75.6 Å². The van der Waals surface area contributed by atoms with Crippen molar-refractivity contribution in [3.05, 3.63) is 70.2 Å². The molecule has 0 bridgehead atoms. The molecule has 6 nitrogen and oxygen atoms in total. The van der Waals surface area contributed by atoms with E-state index in [1.54, 1.807) is 6.07 Å². The van der Waals surface area contributed by atoms with Crippen molar-refractivity contribution in [1.29, 1.82) is 0 Å². The van der Waals surface area contributed by atoms with Gasteiger partial charge in [-0.1, -0.05) is 53.3 Å². The van der Waals surface area contributed by atoms with E-state index in [9.17, 15) is 4.79 Å². The Morgan fingerprint density at radius 2 is 2.07 bits per heavy atom. The number of carbonyl (C=O) groups is 1. The fraction of sp³-hybridized carbons (Fsp3) is 0.105. The highest BCUT2D eigenvalue weighted by atomic mass is 35.5. The lowest BCUT2D eigenvalue weighted by atomic mass is 10.2. The minimum atomic E-state index is -0.365. The Morgan fingerprint density at radius 1 is 1.26 bits per heavy atom. The van der Waals surface area contributed by atoms with E-state index in [1.165, 1.54) is 17.6 Å². The third-order valence-electron chi connectivity index (χ3n) is 3.37. The Kier molecular flexibility index (Phi) is 6.40. The molecule has 2 N–H and O–H groups in total. The maximum Gasteiger partial charge on any atom is 0.277 e. The number of para-hydroxylation sites is 1. The van der Waals surface area contributed by atoms with Crippen molar-refractivity contribution in [2.24, 2.45) is 5.10 Å². The summed E-state index contributed by atoms with van der Waals surface area (Å²) in [6.07, 6.45) is 1.46. The second kappa shape index (κ2) is 9.16. The summed E-state index contributed by atoms with van der Waals surface area (Å²) in [6.45, 7) is 1.83. The van der Waals surface area contributed by atoms with Crippen LogP contribution in [0.2, 0.25) is 5.15 Å². The average Bonchev–Trinajstić information content (AvgIpc) is 3.00. The molecule has 0 saturated carbocycles. The van der Waals surface area contributed by atoms with Crippen LogP contribution in [0.4, 0.5) is 10.8 Å². The number of hydrogen-bond donors (Lipinski definition) is 2. The van der Waals surface area contributed by atoms with Gasteiger partial charge in [0.2, 0.25) is 0 Å². The number of hydrogen-bond acceptors (Lipinski definition) is 6. The Labute approximate surface area is 165 Å². The number of halogens is 1. The highest BCUT2D eigenvalue weighted by Crippen LogP contribution is 2.27. The lowest BCUT2D eigenvalue weighted by molar-refractivity contribution is -0.123. The molecule has 1 amide bonds. The predicted octanol–water partition coefficient (Wildman–Crippen LogP) is 4.38. The SMILES string of the molecule is Cc1cccc(OCC(=O)N/N=C/c2sc(Nc3ccccc3)nc2Cl)c1. The van der Waals surface area contributed by atoms with Gasteiger partial charge in [-0.05, 0) is 36.8 Å². The Morgan fingerprint density at radius 3 is 2.85 bits per heavy atom. The number of aryl methyl sites for hydroxylation is 1. The molecular formula is C19H17ClN4O2S. The van der Waals surface area contributed by atoms with Crippen LogP contribution in [0.15, 0.2) is 59.7 Å². The molecule has 0 aliphatic carbocycles. The predicted molar refractivity (Wildman–Crippen MR) is 109 cm³/mol. The zero-order valence-corrected chi connectivity index (χ0v) is 16.1. The first-order valence-electron chi connectivity index (χ1n) is 8.10. The van der Waals surface area contributed by atoms with Crippen molar-refractivity contribution in [3.8, 4) is 5.75 Å². The van der Waals surface area contributed by atoms with Crippen molar-refractivity contribution in [2.45, 2.75) is 6.92 Å². The summed E-state index contributed by atoms with van der Waals surface area (Å²) in [5.74, 6) is 0.271. The van der Waals surface area contributed by atoms with Gasteiger partial charge in [0.25, 0.3) is 5.91 Å². The van der Waals surface area contributed by atoms with Gasteiger partial charge in [0.1, 0.15) is 5.75 Å². The fourth-order valence-electron chi connectivity index (χ4n) is 2.14. The Balaban J connectivity index is 1.51. The number of amides is 1. The number of hydrazone groups is 1. The second-order valence-electron chi connectivity index (χ2n) is 5.56. The highest BCUT2D eigenvalue weighted by molar-refractivity contribution is 7.17. The van der Waals surface area contributed by atoms with E-state index in [0.29, 0.717) is 20.9 Å². The largest absolute Gasteiger partial charge is 0.484 e. The number of nitrogens with one attached hydrogen (secondary N) is 2. The third kappa shape index (κ3) is 5.80. The van der Waals surface area contributed by atoms with Crippen molar-refractivity contribution in [1.82, 2.24) is 10.4 Å². The van der Waals surface area contributed by atoms with Crippen LogP contribution in [-0.2, 0) is 4.79 Å². The Hall–Kier alpha value is -2.90. The number of rotatable bonds is 7. The molecule has 0 aliphatic rings. The molecule has 2 aromatic carbocycles. The van der Waals surface area contributed by atoms with Crippen LogP contribution in [0.25, 0.3) is 0 Å². The van der Waals surface area contributed by atoms with E-state index in [-0.39, 0.29) is 12.5 Å². The summed E-state index contributed by atoms with van der Waals surface area (Å²) in [6, 6.07) is 17.1. The van der Waals surface area contributed by atoms with Crippen LogP contribution < -0.4 is 15.5 Å². The van der Waals surface area contributed by atoms with Crippen LogP contribution in [0, 0.1) is 6.92 Å². The summed E-state index contributed by atoms with van der Waals surface area (Å²) in [5, 5.41) is 8.02. The normalized spacial score (nSPS) is 10.7. The summed E-state index contributed by atoms with van der Waals surface area (Å²) in [5.41, 5.74) is 4.38. The molecule has 0 atom stereocenters. The lowest BCUT2D eigenvalue weighted by Gasteiger charge is -2.05. The number of aromatic nitrogens is 1. The molecule has 0 radical (unpaired) electrons. The van der Waals surface area contributed by atoms with Crippen molar-refractivity contribution in [2.75, 3.05) is 11.9 Å². The molecule has 8 heteroatoms. The van der Waals surface area contributed by atoms with Crippen LogP contribution in [-0.4, -0.2) is 23.7 Å². The minimum Gasteiger partial charge on any atom is -0.484 e. The molecule has 0 aliphatic heterocycles. The van der Waals surface area contributed by atoms with E-state index >= 15 is 0 Å². The standard InChI is InChI=1S/C19H17ClN4O2S/c1-13-6-5-9-15(10-13)26-12-17(25)24-21-11-16-18(20)23-19(27-16)22-14-7-3-2-4-8-14/h2-11H,12H2,1H3,(H,22,23)(H,24,25)/b21-11+. The molecule has 1 aromatic heterocycles. The van der Waals surface area contributed by atoms with Gasteiger partial charge in [-0.2, -0.15) is 5.10 Å². The van der Waals surface area contributed by atoms with Gasteiger partial charge in [-0.3, -0.25) is 4.79 Å². The molecule has 0 fully saturated rings. The summed E-state index contributed by atoms with van der Waals surface area (Å²) in [4.78, 5) is 16.7. The van der Waals surface area contributed by atoms with Crippen molar-refractivity contribution < 1.29 is 9.53 Å². The quantitative estimate of drug-likeness (QED) is 0.456. The zero-order valence-electron chi connectivity index (χ0n) is 14.5. The average molecular weight is 401 g/mol. The van der Waals surface area contributed by atoms with Gasteiger partial charge in [-0.15, -0.1) is 0 Å². The smallest absolute Gasteiger partial charge is 0.277 e. The van der Waals surface area contributed by atoms with E-state index in [4.69, 9.17) is 16.3 Å². The van der Waals surface area contributed by atoms with Gasteiger partial charge in [0.05, 0.1) is 11.1 Å². The third-order valence-corrected chi connectivity index (χ3v) is 4.67. The first-order chi connectivity index (χ1) is 13.1. The maximum absolute atomic E-state index is 11.8. The molecule has 0 spiro atoms. The van der Waals surface area contributed by atoms with E-state index in [2.05, 4.69) is 20.8 Å². The molecule has 27 heavy (non-hydrogen) atoms. The molecule has 0 saturated heterocycles. The number of nitrogens with zero attached hydrogens (tertiary/aromatic N) is 2. The van der Waals surface area contributed by atoms with Crippen molar-refractivity contribution >= 4 is 45.9 Å². The van der Waals surface area contributed by atoms with Crippen LogP contribution in [0.1, 0.15) is 10.4 Å². The van der Waals surface area contributed by atoms with E-state index < -0.39 is 0 Å². The minimum absolute atomic E-state index is 0.127. The van der Waals surface area contributed by atoms with Gasteiger partial charge >= 0.3 is 0 Å². The maximum atomic E-state index is 11.8. The van der Waals surface area contributed by atoms with Crippen LogP contribution in [0.3, 0.4) is 0 Å². The monoisotopic (exact) mass is 400 g/mol. The second-order valence-corrected chi connectivity index (χ2v) is 6.95. The van der Waals surface area contributed by atoms with Gasteiger partial charge < -0.3 is 10.1 Å². The molecule has 0 unspecified atom stereocenters. The van der Waals surface area contributed by atoms with Gasteiger partial charge in [-0.25, -0.2) is 10.4 Å². The number of ether oxygens (including phenoxy) is 1. The molecule has 138 valence electrons. The number of carbonyl (C=O) groups excluding carboxylic acids is 1. The fourth-order valence-corrected chi connectivity index (χ4v) is 3.19. The van der Waals surface area contributed by atoms with Crippen LogP contribution in [0.5, 0.6) is 5.75 Å². The first-order valence-corrected chi connectivity index (χ1v) is 9.29. The zero-order chi connectivity index (χ0) is 19.1. The first kappa shape index (κ1) is 18.9. The van der Waals surface area contributed by atoms with Gasteiger partial charge in [0.15, 0.2) is 16.9 Å². The molecule has 1 heterocycles. The van der Waals surface area contributed by atoms with Crippen molar-refractivity contribution in [3.63, 3.8) is 0 Å². The summed E-state index contributed by atoms with van der Waals surface area (Å²) < 4.78 is 5.41. The Bertz CT molecular complexity index is 944. The lowest BCUT2D eigenvalue weighted by Crippen LogP contribution is -2.24.